The van der Waals surface area contributed by atoms with Crippen molar-refractivity contribution >= 4 is 17.2 Å². The van der Waals surface area contributed by atoms with Crippen molar-refractivity contribution < 1.29 is 4.79 Å². The Bertz CT molecular complexity index is 799. The number of ketones is 1. The van der Waals surface area contributed by atoms with Crippen molar-refractivity contribution in [3.05, 3.63) is 59.2 Å². The Morgan fingerprint density at radius 2 is 1.62 bits per heavy atom. The number of Topliss-reactive ketones (excluding diaryl/α,β-unsaturated/α-hetero) is 1. The fourth-order valence-corrected chi connectivity index (χ4v) is 3.27. The van der Waals surface area contributed by atoms with Crippen LogP contribution in [0.5, 0.6) is 0 Å². The van der Waals surface area contributed by atoms with Gasteiger partial charge in [-0.2, -0.15) is 5.26 Å². The average molecular weight is 319 g/mol. The molecule has 1 heterocycles. The van der Waals surface area contributed by atoms with Gasteiger partial charge in [-0.15, -0.1) is 0 Å². The minimum atomic E-state index is 0.0378. The van der Waals surface area contributed by atoms with Gasteiger partial charge in [0.25, 0.3) is 0 Å². The number of carbonyl (C=O) groups excluding carboxylic acids is 1. The highest BCUT2D eigenvalue weighted by atomic mass is 16.1. The van der Waals surface area contributed by atoms with Gasteiger partial charge in [0.05, 0.1) is 11.6 Å². The quantitative estimate of drug-likeness (QED) is 0.814. The number of benzene rings is 2. The molecule has 0 amide bonds. The van der Waals surface area contributed by atoms with Gasteiger partial charge in [0, 0.05) is 43.1 Å². The van der Waals surface area contributed by atoms with Gasteiger partial charge in [0.15, 0.2) is 5.78 Å². The van der Waals surface area contributed by atoms with E-state index in [1.54, 1.807) is 19.1 Å². The van der Waals surface area contributed by atoms with Crippen LogP contribution in [0.2, 0.25) is 0 Å². The van der Waals surface area contributed by atoms with Crippen LogP contribution in [0.1, 0.15) is 28.4 Å². The Hall–Kier alpha value is -2.80. The number of hydrogen-bond donors (Lipinski definition) is 0. The Balaban J connectivity index is 1.81. The molecule has 0 aromatic heterocycles. The summed E-state index contributed by atoms with van der Waals surface area (Å²) in [6.45, 7) is 7.19. The van der Waals surface area contributed by atoms with E-state index in [1.807, 2.05) is 6.07 Å². The fraction of sp³-hybridized carbons (Fsp3) is 0.300. The van der Waals surface area contributed by atoms with Crippen molar-refractivity contribution in [2.24, 2.45) is 0 Å². The van der Waals surface area contributed by atoms with E-state index in [4.69, 9.17) is 5.26 Å². The summed E-state index contributed by atoms with van der Waals surface area (Å²) in [6.07, 6.45) is 0. The van der Waals surface area contributed by atoms with Gasteiger partial charge in [0.1, 0.15) is 0 Å². The summed E-state index contributed by atoms with van der Waals surface area (Å²) < 4.78 is 0. The highest BCUT2D eigenvalue weighted by Gasteiger charge is 2.21. The molecular weight excluding hydrogens is 298 g/mol. The van der Waals surface area contributed by atoms with Gasteiger partial charge in [-0.3, -0.25) is 4.79 Å². The van der Waals surface area contributed by atoms with E-state index in [1.165, 1.54) is 11.3 Å². The van der Waals surface area contributed by atoms with Crippen molar-refractivity contribution in [3.63, 3.8) is 0 Å². The predicted molar refractivity (Wildman–Crippen MR) is 96.8 cm³/mol. The molecule has 0 N–H and O–H groups in total. The Morgan fingerprint density at radius 3 is 2.21 bits per heavy atom. The first-order chi connectivity index (χ1) is 11.6. The van der Waals surface area contributed by atoms with Crippen molar-refractivity contribution in [1.82, 2.24) is 0 Å². The molecule has 4 nitrogen and oxygen atoms in total. The van der Waals surface area contributed by atoms with Crippen molar-refractivity contribution in [2.45, 2.75) is 13.8 Å². The Morgan fingerprint density at radius 1 is 1.00 bits per heavy atom. The second-order valence-corrected chi connectivity index (χ2v) is 6.16. The van der Waals surface area contributed by atoms with Crippen molar-refractivity contribution in [1.29, 1.82) is 5.26 Å². The monoisotopic (exact) mass is 319 g/mol. The summed E-state index contributed by atoms with van der Waals surface area (Å²) in [6, 6.07) is 15.9. The zero-order chi connectivity index (χ0) is 17.1. The van der Waals surface area contributed by atoms with Crippen LogP contribution < -0.4 is 9.80 Å². The van der Waals surface area contributed by atoms with Crippen LogP contribution in [0.4, 0.5) is 11.4 Å². The Kier molecular flexibility index (Phi) is 4.52. The van der Waals surface area contributed by atoms with Crippen LogP contribution in [0.3, 0.4) is 0 Å². The Labute approximate surface area is 142 Å². The lowest BCUT2D eigenvalue weighted by Crippen LogP contribution is -2.47. The second-order valence-electron chi connectivity index (χ2n) is 6.16. The lowest BCUT2D eigenvalue weighted by atomic mass is 10.0. The molecule has 0 atom stereocenters. The van der Waals surface area contributed by atoms with Crippen LogP contribution in [-0.2, 0) is 0 Å². The van der Waals surface area contributed by atoms with E-state index in [-0.39, 0.29) is 5.78 Å². The molecule has 1 fully saturated rings. The maximum atomic E-state index is 11.9. The minimum Gasteiger partial charge on any atom is -0.368 e. The molecule has 1 aliphatic heterocycles. The summed E-state index contributed by atoms with van der Waals surface area (Å²) in [5, 5.41) is 9.15. The molecule has 2 aromatic rings. The summed E-state index contributed by atoms with van der Waals surface area (Å²) in [5.74, 6) is 0.0378. The number of rotatable bonds is 3. The molecule has 24 heavy (non-hydrogen) atoms. The number of hydrogen-bond acceptors (Lipinski definition) is 4. The molecule has 4 heteroatoms. The third kappa shape index (κ3) is 3.11. The number of piperazine rings is 1. The number of aryl methyl sites for hydroxylation is 1. The standard InChI is InChI=1S/C20H21N3O/c1-15-5-3-4-6-19(15)22-9-11-23(12-10-22)20-13-17(14-21)7-8-18(20)16(2)24/h3-8,13H,9-12H2,1-2H3. The van der Waals surface area contributed by atoms with Gasteiger partial charge in [-0.05, 0) is 43.7 Å². The number of nitriles is 1. The minimum absolute atomic E-state index is 0.0378. The van der Waals surface area contributed by atoms with Crippen LogP contribution in [0, 0.1) is 18.3 Å². The van der Waals surface area contributed by atoms with E-state index in [0.29, 0.717) is 11.1 Å². The predicted octanol–water partition coefficient (Wildman–Crippen LogP) is 3.40. The van der Waals surface area contributed by atoms with Gasteiger partial charge >= 0.3 is 0 Å². The fourth-order valence-electron chi connectivity index (χ4n) is 3.27. The molecule has 2 aromatic carbocycles. The van der Waals surface area contributed by atoms with Crippen molar-refractivity contribution in [3.8, 4) is 6.07 Å². The highest BCUT2D eigenvalue weighted by Crippen LogP contribution is 2.26. The molecule has 0 bridgehead atoms. The lowest BCUT2D eigenvalue weighted by Gasteiger charge is -2.38. The normalized spacial score (nSPS) is 14.4. The molecule has 1 saturated heterocycles. The van der Waals surface area contributed by atoms with E-state index >= 15 is 0 Å². The van der Waals surface area contributed by atoms with E-state index in [0.717, 1.165) is 31.9 Å². The van der Waals surface area contributed by atoms with Gasteiger partial charge in [-0.25, -0.2) is 0 Å². The molecule has 0 saturated carbocycles. The molecule has 0 unspecified atom stereocenters. The van der Waals surface area contributed by atoms with Gasteiger partial charge < -0.3 is 9.80 Å². The van der Waals surface area contributed by atoms with Crippen LogP contribution in [0.25, 0.3) is 0 Å². The summed E-state index contributed by atoms with van der Waals surface area (Å²) in [7, 11) is 0. The zero-order valence-electron chi connectivity index (χ0n) is 14.1. The number of anilines is 2. The highest BCUT2D eigenvalue weighted by molar-refractivity contribution is 6.00. The molecule has 0 spiro atoms. The molecule has 3 rings (SSSR count). The maximum Gasteiger partial charge on any atom is 0.161 e. The first kappa shape index (κ1) is 16.1. The zero-order valence-corrected chi connectivity index (χ0v) is 14.1. The van der Waals surface area contributed by atoms with E-state index < -0.39 is 0 Å². The first-order valence-electron chi connectivity index (χ1n) is 8.21. The number of nitrogens with zero attached hydrogens (tertiary/aromatic N) is 3. The topological polar surface area (TPSA) is 47.3 Å². The van der Waals surface area contributed by atoms with E-state index in [9.17, 15) is 4.79 Å². The summed E-state index contributed by atoms with van der Waals surface area (Å²) in [4.78, 5) is 16.5. The number of para-hydroxylation sites is 1. The van der Waals surface area contributed by atoms with Crippen LogP contribution >= 0.6 is 0 Å². The first-order valence-corrected chi connectivity index (χ1v) is 8.21. The SMILES string of the molecule is CC(=O)c1ccc(C#N)cc1N1CCN(c2ccccc2C)CC1. The summed E-state index contributed by atoms with van der Waals surface area (Å²) in [5.41, 5.74) is 4.72. The van der Waals surface area contributed by atoms with Crippen LogP contribution in [-0.4, -0.2) is 32.0 Å². The molecule has 1 aliphatic rings. The largest absolute Gasteiger partial charge is 0.368 e. The average Bonchev–Trinajstić information content (AvgIpc) is 2.61. The molecular formula is C20H21N3O. The van der Waals surface area contributed by atoms with E-state index in [2.05, 4.69) is 47.1 Å². The molecule has 0 aliphatic carbocycles. The molecule has 0 radical (unpaired) electrons. The maximum absolute atomic E-state index is 11.9. The van der Waals surface area contributed by atoms with Gasteiger partial charge in [0.2, 0.25) is 0 Å². The van der Waals surface area contributed by atoms with Gasteiger partial charge in [-0.1, -0.05) is 18.2 Å². The second kappa shape index (κ2) is 6.76. The lowest BCUT2D eigenvalue weighted by molar-refractivity contribution is 0.101. The molecule has 122 valence electrons. The van der Waals surface area contributed by atoms with Crippen LogP contribution in [0.15, 0.2) is 42.5 Å². The summed E-state index contributed by atoms with van der Waals surface area (Å²) >= 11 is 0. The third-order valence-electron chi connectivity index (χ3n) is 4.58. The van der Waals surface area contributed by atoms with Crippen molar-refractivity contribution in [2.75, 3.05) is 36.0 Å². The smallest absolute Gasteiger partial charge is 0.161 e. The third-order valence-corrected chi connectivity index (χ3v) is 4.58. The number of carbonyl (C=O) groups is 1.